The van der Waals surface area contributed by atoms with E-state index in [0.717, 1.165) is 45.3 Å². The van der Waals surface area contributed by atoms with Gasteiger partial charge in [0.1, 0.15) is 5.65 Å². The molecule has 2 aromatic heterocycles. The van der Waals surface area contributed by atoms with Gasteiger partial charge in [0, 0.05) is 23.1 Å². The number of hydrogen-bond acceptors (Lipinski definition) is 4. The highest BCUT2D eigenvalue weighted by Crippen LogP contribution is 2.36. The van der Waals surface area contributed by atoms with Gasteiger partial charge in [-0.2, -0.15) is 0 Å². The van der Waals surface area contributed by atoms with Crippen molar-refractivity contribution < 1.29 is 9.47 Å². The molecule has 0 aliphatic carbocycles. The van der Waals surface area contributed by atoms with Gasteiger partial charge in [-0.3, -0.25) is 0 Å². The molecule has 4 rings (SSSR count). The quantitative estimate of drug-likeness (QED) is 0.745. The number of fused-ring (bicyclic) bond motifs is 2. The van der Waals surface area contributed by atoms with Crippen LogP contribution in [0.2, 0.25) is 0 Å². The normalized spacial score (nSPS) is 13.0. The summed E-state index contributed by atoms with van der Waals surface area (Å²) >= 11 is 0. The topological polar surface area (TPSA) is 61.8 Å². The van der Waals surface area contributed by atoms with E-state index in [4.69, 9.17) is 20.2 Å². The van der Waals surface area contributed by atoms with Gasteiger partial charge in [-0.15, -0.1) is 0 Å². The van der Waals surface area contributed by atoms with E-state index in [2.05, 4.69) is 0 Å². The Hall–Kier alpha value is -2.69. The van der Waals surface area contributed by atoms with Gasteiger partial charge in [0.2, 0.25) is 6.79 Å². The highest BCUT2D eigenvalue weighted by atomic mass is 16.7. The molecule has 0 unspecified atom stereocenters. The van der Waals surface area contributed by atoms with E-state index >= 15 is 0 Å². The van der Waals surface area contributed by atoms with Gasteiger partial charge >= 0.3 is 0 Å². The number of pyridine rings is 1. The first kappa shape index (κ1) is 12.1. The van der Waals surface area contributed by atoms with Crippen LogP contribution in [-0.4, -0.2) is 16.2 Å². The molecule has 1 aliphatic rings. The third kappa shape index (κ3) is 1.74. The zero-order valence-corrected chi connectivity index (χ0v) is 11.9. The summed E-state index contributed by atoms with van der Waals surface area (Å²) in [6.07, 6.45) is 1.90. The fraction of sp³-hybridized carbons (Fsp3) is 0.188. The number of anilines is 1. The molecule has 3 aromatic rings. The van der Waals surface area contributed by atoms with Crippen LogP contribution in [-0.2, 0) is 0 Å². The maximum atomic E-state index is 5.93. The van der Waals surface area contributed by atoms with E-state index in [9.17, 15) is 0 Å². The van der Waals surface area contributed by atoms with E-state index in [-0.39, 0.29) is 6.79 Å². The maximum absolute atomic E-state index is 5.93. The van der Waals surface area contributed by atoms with Gasteiger partial charge in [-0.25, -0.2) is 4.98 Å². The minimum atomic E-state index is 0.276. The highest BCUT2D eigenvalue weighted by molar-refractivity contribution is 5.71. The molecule has 0 amide bonds. The summed E-state index contributed by atoms with van der Waals surface area (Å²) in [5.74, 6) is 1.54. The van der Waals surface area contributed by atoms with E-state index in [1.807, 2.05) is 48.7 Å². The first-order valence-corrected chi connectivity index (χ1v) is 6.78. The molecule has 1 aliphatic heterocycles. The van der Waals surface area contributed by atoms with Gasteiger partial charge in [0.15, 0.2) is 11.5 Å². The molecular weight excluding hydrogens is 266 g/mol. The molecule has 0 spiro atoms. The van der Waals surface area contributed by atoms with Crippen molar-refractivity contribution in [2.75, 3.05) is 12.5 Å². The second kappa shape index (κ2) is 4.15. The number of ether oxygens (including phenoxy) is 2. The van der Waals surface area contributed by atoms with Gasteiger partial charge < -0.3 is 19.6 Å². The van der Waals surface area contributed by atoms with Crippen LogP contribution in [0.25, 0.3) is 16.9 Å². The number of aryl methyl sites for hydroxylation is 2. The lowest BCUT2D eigenvalue weighted by molar-refractivity contribution is 0.174. The molecular formula is C16H15N3O2. The number of imidazole rings is 1. The average molecular weight is 281 g/mol. The molecule has 21 heavy (non-hydrogen) atoms. The Balaban J connectivity index is 1.94. The first-order chi connectivity index (χ1) is 10.1. The van der Waals surface area contributed by atoms with Crippen LogP contribution < -0.4 is 15.2 Å². The maximum Gasteiger partial charge on any atom is 0.231 e. The van der Waals surface area contributed by atoms with E-state index in [1.165, 1.54) is 0 Å². The van der Waals surface area contributed by atoms with Crippen molar-refractivity contribution >= 4 is 11.3 Å². The summed E-state index contributed by atoms with van der Waals surface area (Å²) in [7, 11) is 0. The summed E-state index contributed by atoms with van der Waals surface area (Å²) in [5.41, 5.74) is 11.6. The third-order valence-electron chi connectivity index (χ3n) is 3.81. The summed E-state index contributed by atoms with van der Waals surface area (Å²) in [6, 6.07) is 7.82. The van der Waals surface area contributed by atoms with Gasteiger partial charge in [0.05, 0.1) is 5.69 Å². The van der Waals surface area contributed by atoms with Gasteiger partial charge in [-0.05, 0) is 43.7 Å². The molecule has 3 heterocycles. The number of nitrogen functional groups attached to an aromatic ring is 1. The number of rotatable bonds is 1. The highest BCUT2D eigenvalue weighted by Gasteiger charge is 2.17. The van der Waals surface area contributed by atoms with E-state index < -0.39 is 0 Å². The van der Waals surface area contributed by atoms with E-state index in [0.29, 0.717) is 0 Å². The molecule has 0 saturated heterocycles. The van der Waals surface area contributed by atoms with Crippen molar-refractivity contribution in [3.8, 4) is 22.8 Å². The minimum absolute atomic E-state index is 0.276. The van der Waals surface area contributed by atoms with Crippen molar-refractivity contribution in [2.24, 2.45) is 0 Å². The lowest BCUT2D eigenvalue weighted by Crippen LogP contribution is -1.94. The number of aromatic nitrogens is 2. The van der Waals surface area contributed by atoms with Crippen molar-refractivity contribution in [3.63, 3.8) is 0 Å². The van der Waals surface area contributed by atoms with Crippen LogP contribution in [0, 0.1) is 13.8 Å². The van der Waals surface area contributed by atoms with Gasteiger partial charge in [0.25, 0.3) is 0 Å². The Morgan fingerprint density at radius 3 is 2.81 bits per heavy atom. The molecule has 1 aromatic carbocycles. The van der Waals surface area contributed by atoms with Crippen LogP contribution in [0.1, 0.15) is 11.3 Å². The van der Waals surface area contributed by atoms with Gasteiger partial charge in [-0.1, -0.05) is 0 Å². The molecule has 2 N–H and O–H groups in total. The Bertz CT molecular complexity index is 868. The van der Waals surface area contributed by atoms with Crippen LogP contribution >= 0.6 is 0 Å². The zero-order chi connectivity index (χ0) is 14.6. The van der Waals surface area contributed by atoms with Crippen molar-refractivity contribution in [1.82, 2.24) is 9.38 Å². The molecule has 0 saturated carbocycles. The van der Waals surface area contributed by atoms with E-state index in [1.54, 1.807) is 0 Å². The predicted molar refractivity (Wildman–Crippen MR) is 80.6 cm³/mol. The van der Waals surface area contributed by atoms with Crippen LogP contribution in [0.15, 0.2) is 30.5 Å². The fourth-order valence-electron chi connectivity index (χ4n) is 2.77. The summed E-state index contributed by atoms with van der Waals surface area (Å²) < 4.78 is 12.8. The Morgan fingerprint density at radius 1 is 1.14 bits per heavy atom. The average Bonchev–Trinajstić information content (AvgIpc) is 3.04. The van der Waals surface area contributed by atoms with Crippen LogP contribution in [0.5, 0.6) is 11.5 Å². The fourth-order valence-corrected chi connectivity index (χ4v) is 2.77. The largest absolute Gasteiger partial charge is 0.454 e. The smallest absolute Gasteiger partial charge is 0.231 e. The lowest BCUT2D eigenvalue weighted by Gasteiger charge is -2.02. The van der Waals surface area contributed by atoms with Crippen molar-refractivity contribution in [3.05, 3.63) is 41.7 Å². The number of hydrogen-bond donors (Lipinski definition) is 1. The Morgan fingerprint density at radius 2 is 1.95 bits per heavy atom. The summed E-state index contributed by atoms with van der Waals surface area (Å²) in [6.45, 7) is 4.33. The Kier molecular flexibility index (Phi) is 2.39. The SMILES string of the molecule is Cc1cc(N)cn2c(C)c(-c3ccc4c(c3)OCO4)nc12. The zero-order valence-electron chi connectivity index (χ0n) is 11.9. The molecule has 106 valence electrons. The first-order valence-electron chi connectivity index (χ1n) is 6.78. The summed E-state index contributed by atoms with van der Waals surface area (Å²) in [4.78, 5) is 4.76. The van der Waals surface area contributed by atoms with Crippen molar-refractivity contribution in [1.29, 1.82) is 0 Å². The number of benzene rings is 1. The second-order valence-electron chi connectivity index (χ2n) is 5.26. The second-order valence-corrected chi connectivity index (χ2v) is 5.26. The minimum Gasteiger partial charge on any atom is -0.454 e. The summed E-state index contributed by atoms with van der Waals surface area (Å²) in [5, 5.41) is 0. The number of nitrogens with zero attached hydrogens (tertiary/aromatic N) is 2. The molecule has 0 radical (unpaired) electrons. The van der Waals surface area contributed by atoms with Crippen molar-refractivity contribution in [2.45, 2.75) is 13.8 Å². The standard InChI is InChI=1S/C16H15N3O2/c1-9-5-12(17)7-19-10(2)15(18-16(9)19)11-3-4-13-14(6-11)21-8-20-13/h3-7H,8,17H2,1-2H3. The Labute approximate surface area is 121 Å². The molecule has 5 nitrogen and oxygen atoms in total. The van der Waals surface area contributed by atoms with Crippen LogP contribution in [0.4, 0.5) is 5.69 Å². The van der Waals surface area contributed by atoms with Crippen LogP contribution in [0.3, 0.4) is 0 Å². The third-order valence-corrected chi connectivity index (χ3v) is 3.81. The lowest BCUT2D eigenvalue weighted by atomic mass is 10.1. The molecule has 0 bridgehead atoms. The number of nitrogens with two attached hydrogens (primary N) is 1. The molecule has 0 atom stereocenters. The monoisotopic (exact) mass is 281 g/mol. The molecule has 0 fully saturated rings. The predicted octanol–water partition coefficient (Wildman–Crippen LogP) is 2.93. The molecule has 5 heteroatoms.